The van der Waals surface area contributed by atoms with Crippen molar-refractivity contribution < 1.29 is 4.74 Å². The molecule has 0 aromatic carbocycles. The van der Waals surface area contributed by atoms with Crippen LogP contribution in [0.15, 0.2) is 12.7 Å². The second-order valence-corrected chi connectivity index (χ2v) is 5.27. The third-order valence-electron chi connectivity index (χ3n) is 3.48. The second-order valence-electron chi connectivity index (χ2n) is 5.27. The van der Waals surface area contributed by atoms with E-state index in [0.29, 0.717) is 12.1 Å². The summed E-state index contributed by atoms with van der Waals surface area (Å²) >= 11 is 0. The van der Waals surface area contributed by atoms with Crippen LogP contribution >= 0.6 is 0 Å². The maximum absolute atomic E-state index is 5.94. The van der Waals surface area contributed by atoms with Crippen LogP contribution in [0.2, 0.25) is 0 Å². The first-order valence-electron chi connectivity index (χ1n) is 8.25. The minimum atomic E-state index is 0.390. The fraction of sp³-hybridized carbons (Fsp3) is 0.882. The maximum Gasteiger partial charge on any atom is 0.0727 e. The number of allylic oxidation sites excluding steroid dienone is 1. The zero-order valence-corrected chi connectivity index (χ0v) is 13.4. The molecule has 2 atom stereocenters. The largest absolute Gasteiger partial charge is 0.377 e. The molecule has 19 heavy (non-hydrogen) atoms. The summed E-state index contributed by atoms with van der Waals surface area (Å²) in [6.45, 7) is 12.3. The molecule has 2 unspecified atom stereocenters. The minimum absolute atomic E-state index is 0.390. The lowest BCUT2D eigenvalue weighted by Gasteiger charge is -2.28. The lowest BCUT2D eigenvalue weighted by Crippen LogP contribution is -2.41. The van der Waals surface area contributed by atoms with Crippen LogP contribution in [0.4, 0.5) is 0 Å². The quantitative estimate of drug-likeness (QED) is 0.365. The van der Waals surface area contributed by atoms with Gasteiger partial charge in [0.15, 0.2) is 0 Å². The zero-order valence-electron chi connectivity index (χ0n) is 13.4. The summed E-state index contributed by atoms with van der Waals surface area (Å²) in [7, 11) is 0. The Labute approximate surface area is 121 Å². The van der Waals surface area contributed by atoms with E-state index in [0.717, 1.165) is 19.6 Å². The van der Waals surface area contributed by atoms with Crippen molar-refractivity contribution in [2.24, 2.45) is 0 Å². The lowest BCUT2D eigenvalue weighted by atomic mass is 9.99. The Bertz CT molecular complexity index is 188. The van der Waals surface area contributed by atoms with E-state index >= 15 is 0 Å². The predicted octanol–water partition coefficient (Wildman–Crippen LogP) is 4.70. The van der Waals surface area contributed by atoms with Crippen molar-refractivity contribution in [1.82, 2.24) is 5.32 Å². The van der Waals surface area contributed by atoms with Crippen LogP contribution in [-0.2, 0) is 4.74 Å². The Morgan fingerprint density at radius 2 is 1.84 bits per heavy atom. The monoisotopic (exact) mass is 269 g/mol. The minimum Gasteiger partial charge on any atom is -0.377 e. The third kappa shape index (κ3) is 10.1. The molecule has 0 rings (SSSR count). The van der Waals surface area contributed by atoms with Gasteiger partial charge >= 0.3 is 0 Å². The van der Waals surface area contributed by atoms with E-state index in [9.17, 15) is 0 Å². The van der Waals surface area contributed by atoms with Gasteiger partial charge in [-0.3, -0.25) is 0 Å². The molecule has 0 aliphatic rings. The fourth-order valence-corrected chi connectivity index (χ4v) is 2.48. The zero-order chi connectivity index (χ0) is 14.3. The first kappa shape index (κ1) is 18.7. The Morgan fingerprint density at radius 1 is 1.05 bits per heavy atom. The van der Waals surface area contributed by atoms with Crippen molar-refractivity contribution in [2.45, 2.75) is 84.3 Å². The van der Waals surface area contributed by atoms with Crippen LogP contribution in [-0.4, -0.2) is 25.3 Å². The molecule has 0 bridgehead atoms. The highest BCUT2D eigenvalue weighted by Crippen LogP contribution is 2.15. The Balaban J connectivity index is 4.11. The van der Waals surface area contributed by atoms with E-state index in [1.807, 2.05) is 6.08 Å². The highest BCUT2D eigenvalue weighted by Gasteiger charge is 2.19. The molecular formula is C17H35NO. The Morgan fingerprint density at radius 3 is 2.42 bits per heavy atom. The van der Waals surface area contributed by atoms with Crippen molar-refractivity contribution in [3.8, 4) is 0 Å². The van der Waals surface area contributed by atoms with E-state index in [1.165, 1.54) is 44.9 Å². The Kier molecular flexibility index (Phi) is 13.8. The molecule has 114 valence electrons. The number of unbranched alkanes of at least 4 members (excludes halogenated alkanes) is 3. The van der Waals surface area contributed by atoms with Gasteiger partial charge < -0.3 is 10.1 Å². The molecule has 0 heterocycles. The fourth-order valence-electron chi connectivity index (χ4n) is 2.48. The summed E-state index contributed by atoms with van der Waals surface area (Å²) in [5.41, 5.74) is 0. The van der Waals surface area contributed by atoms with E-state index < -0.39 is 0 Å². The van der Waals surface area contributed by atoms with Gasteiger partial charge in [-0.05, 0) is 45.6 Å². The lowest BCUT2D eigenvalue weighted by molar-refractivity contribution is 0.0253. The molecule has 0 fully saturated rings. The van der Waals surface area contributed by atoms with Crippen molar-refractivity contribution in [3.05, 3.63) is 12.7 Å². The second kappa shape index (κ2) is 14.1. The van der Waals surface area contributed by atoms with Crippen molar-refractivity contribution in [3.63, 3.8) is 0 Å². The van der Waals surface area contributed by atoms with Crippen LogP contribution in [0.1, 0.15) is 72.1 Å². The molecule has 0 saturated carbocycles. The topological polar surface area (TPSA) is 21.3 Å². The average Bonchev–Trinajstić information content (AvgIpc) is 2.42. The third-order valence-corrected chi connectivity index (χ3v) is 3.48. The predicted molar refractivity (Wildman–Crippen MR) is 85.7 cm³/mol. The standard InChI is InChI=1S/C17H35NO/c1-5-9-10-11-12-14-16(18-15-7-3)17(13-6-2)19-8-4/h5,16-18H,1,6-15H2,2-4H3. The summed E-state index contributed by atoms with van der Waals surface area (Å²) < 4.78 is 5.94. The summed E-state index contributed by atoms with van der Waals surface area (Å²) in [4.78, 5) is 0. The molecular weight excluding hydrogens is 234 g/mol. The van der Waals surface area contributed by atoms with Crippen LogP contribution in [0.25, 0.3) is 0 Å². The molecule has 0 aliphatic heterocycles. The van der Waals surface area contributed by atoms with Gasteiger partial charge in [0, 0.05) is 12.6 Å². The van der Waals surface area contributed by atoms with E-state index in [2.05, 4.69) is 32.7 Å². The summed E-state index contributed by atoms with van der Waals surface area (Å²) in [6.07, 6.45) is 12.2. The molecule has 0 radical (unpaired) electrons. The number of rotatable bonds is 14. The molecule has 0 aliphatic carbocycles. The molecule has 2 heteroatoms. The number of hydrogen-bond acceptors (Lipinski definition) is 2. The van der Waals surface area contributed by atoms with Crippen molar-refractivity contribution >= 4 is 0 Å². The number of ether oxygens (including phenoxy) is 1. The summed E-state index contributed by atoms with van der Waals surface area (Å²) in [6, 6.07) is 0.531. The van der Waals surface area contributed by atoms with Crippen LogP contribution in [0.5, 0.6) is 0 Å². The van der Waals surface area contributed by atoms with E-state index in [1.54, 1.807) is 0 Å². The first-order valence-corrected chi connectivity index (χ1v) is 8.25. The van der Waals surface area contributed by atoms with Gasteiger partial charge in [0.25, 0.3) is 0 Å². The molecule has 1 N–H and O–H groups in total. The van der Waals surface area contributed by atoms with Crippen molar-refractivity contribution in [1.29, 1.82) is 0 Å². The normalized spacial score (nSPS) is 14.3. The summed E-state index contributed by atoms with van der Waals surface area (Å²) in [5.74, 6) is 0. The maximum atomic E-state index is 5.94. The van der Waals surface area contributed by atoms with Gasteiger partial charge in [0.2, 0.25) is 0 Å². The molecule has 0 saturated heterocycles. The SMILES string of the molecule is C=CCCCCCC(NCCC)C(CCC)OCC. The van der Waals surface area contributed by atoms with Gasteiger partial charge in [-0.2, -0.15) is 0 Å². The van der Waals surface area contributed by atoms with E-state index in [-0.39, 0.29) is 0 Å². The van der Waals surface area contributed by atoms with Crippen LogP contribution < -0.4 is 5.32 Å². The van der Waals surface area contributed by atoms with Gasteiger partial charge in [-0.15, -0.1) is 6.58 Å². The Hall–Kier alpha value is -0.340. The first-order chi connectivity index (χ1) is 9.29. The van der Waals surface area contributed by atoms with Gasteiger partial charge in [-0.25, -0.2) is 0 Å². The summed E-state index contributed by atoms with van der Waals surface area (Å²) in [5, 5.41) is 3.68. The molecule has 0 spiro atoms. The van der Waals surface area contributed by atoms with Gasteiger partial charge in [0.1, 0.15) is 0 Å². The highest BCUT2D eigenvalue weighted by molar-refractivity contribution is 4.77. The van der Waals surface area contributed by atoms with E-state index in [4.69, 9.17) is 4.74 Å². The van der Waals surface area contributed by atoms with Crippen molar-refractivity contribution in [2.75, 3.05) is 13.2 Å². The van der Waals surface area contributed by atoms with Gasteiger partial charge in [-0.1, -0.05) is 39.2 Å². The number of hydrogen-bond donors (Lipinski definition) is 1. The highest BCUT2D eigenvalue weighted by atomic mass is 16.5. The molecule has 2 nitrogen and oxygen atoms in total. The average molecular weight is 269 g/mol. The van der Waals surface area contributed by atoms with Gasteiger partial charge in [0.05, 0.1) is 6.10 Å². The smallest absolute Gasteiger partial charge is 0.0727 e. The number of nitrogens with one attached hydrogen (secondary N) is 1. The molecule has 0 aromatic heterocycles. The van der Waals surface area contributed by atoms with Crippen LogP contribution in [0, 0.1) is 0 Å². The van der Waals surface area contributed by atoms with Crippen LogP contribution in [0.3, 0.4) is 0 Å². The molecule has 0 amide bonds. The molecule has 0 aromatic rings.